The van der Waals surface area contributed by atoms with Crippen molar-refractivity contribution in [3.8, 4) is 0 Å². The molecule has 3 heteroatoms. The van der Waals surface area contributed by atoms with E-state index < -0.39 is 11.4 Å². The van der Waals surface area contributed by atoms with E-state index in [-0.39, 0.29) is 5.92 Å². The van der Waals surface area contributed by atoms with E-state index in [0.29, 0.717) is 18.9 Å². The number of allylic oxidation sites excluding steroid dienone is 3. The van der Waals surface area contributed by atoms with E-state index >= 15 is 0 Å². The summed E-state index contributed by atoms with van der Waals surface area (Å²) in [5.74, 6) is -0.110. The van der Waals surface area contributed by atoms with Gasteiger partial charge in [-0.2, -0.15) is 0 Å². The third kappa shape index (κ3) is 5.20. The predicted molar refractivity (Wildman–Crippen MR) is 100 cm³/mol. The van der Waals surface area contributed by atoms with E-state index in [1.54, 1.807) is 7.11 Å². The first kappa shape index (κ1) is 21.0. The Morgan fingerprint density at radius 1 is 1.29 bits per heavy atom. The molecule has 1 rings (SSSR count). The number of ether oxygens (including phenoxy) is 1. The van der Waals surface area contributed by atoms with E-state index in [0.717, 1.165) is 38.5 Å². The molecule has 0 aromatic rings. The van der Waals surface area contributed by atoms with Gasteiger partial charge in [0.05, 0.1) is 5.41 Å². The minimum Gasteiger partial charge on any atom is -0.481 e. The van der Waals surface area contributed by atoms with Crippen molar-refractivity contribution in [1.29, 1.82) is 0 Å². The van der Waals surface area contributed by atoms with E-state index in [2.05, 4.69) is 39.8 Å². The Morgan fingerprint density at radius 3 is 2.46 bits per heavy atom. The second-order valence-corrected chi connectivity index (χ2v) is 7.55. The third-order valence-corrected chi connectivity index (χ3v) is 5.10. The lowest BCUT2D eigenvalue weighted by atomic mass is 9.62. The molecular weight excluding hydrogens is 300 g/mol. The molecule has 0 aromatic carbocycles. The number of methoxy groups -OCH3 is 1. The van der Waals surface area contributed by atoms with Crippen molar-refractivity contribution < 1.29 is 14.6 Å². The SMILES string of the molecule is CCCC1=CC(CCC(C)C)(C(=O)O)C(CCOC)C(CCC)=C1. The summed E-state index contributed by atoms with van der Waals surface area (Å²) in [6.45, 7) is 9.27. The Balaban J connectivity index is 3.31. The van der Waals surface area contributed by atoms with Gasteiger partial charge in [0.15, 0.2) is 0 Å². The standard InChI is InChI=1S/C21H36O3/c1-6-8-17-14-18(9-7-2)19(11-13-24-5)21(15-17,20(22)23)12-10-16(3)4/h14-16,19H,6-13H2,1-5H3,(H,22,23). The van der Waals surface area contributed by atoms with E-state index in [4.69, 9.17) is 4.74 Å². The summed E-state index contributed by atoms with van der Waals surface area (Å²) >= 11 is 0. The molecule has 138 valence electrons. The van der Waals surface area contributed by atoms with Crippen molar-refractivity contribution >= 4 is 5.97 Å². The number of aliphatic carboxylic acids is 1. The van der Waals surface area contributed by atoms with Gasteiger partial charge in [-0.1, -0.05) is 63.8 Å². The van der Waals surface area contributed by atoms with Gasteiger partial charge in [0.25, 0.3) is 0 Å². The maximum Gasteiger partial charge on any atom is 0.314 e. The van der Waals surface area contributed by atoms with Crippen molar-refractivity contribution in [3.05, 3.63) is 23.3 Å². The molecule has 2 atom stereocenters. The molecule has 1 aliphatic carbocycles. The maximum atomic E-state index is 12.4. The van der Waals surface area contributed by atoms with Gasteiger partial charge < -0.3 is 9.84 Å². The lowest BCUT2D eigenvalue weighted by molar-refractivity contribution is -0.149. The minimum absolute atomic E-state index is 0.0502. The Hall–Kier alpha value is -1.09. The number of carbonyl (C=O) groups is 1. The van der Waals surface area contributed by atoms with Gasteiger partial charge in [-0.05, 0) is 38.0 Å². The monoisotopic (exact) mass is 336 g/mol. The van der Waals surface area contributed by atoms with E-state index in [1.807, 2.05) is 0 Å². The zero-order chi connectivity index (χ0) is 18.2. The third-order valence-electron chi connectivity index (χ3n) is 5.10. The van der Waals surface area contributed by atoms with Gasteiger partial charge in [0.1, 0.15) is 0 Å². The average Bonchev–Trinajstić information content (AvgIpc) is 2.52. The second kappa shape index (κ2) is 10.0. The Bertz CT molecular complexity index is 462. The highest BCUT2D eigenvalue weighted by Gasteiger charge is 2.46. The summed E-state index contributed by atoms with van der Waals surface area (Å²) in [4.78, 5) is 12.4. The quantitative estimate of drug-likeness (QED) is 0.533. The van der Waals surface area contributed by atoms with Gasteiger partial charge in [-0.15, -0.1) is 0 Å². The molecule has 1 aliphatic rings. The topological polar surface area (TPSA) is 46.5 Å². The lowest BCUT2D eigenvalue weighted by Gasteiger charge is -2.40. The lowest BCUT2D eigenvalue weighted by Crippen LogP contribution is -2.41. The molecule has 0 spiro atoms. The fraction of sp³-hybridized carbons (Fsp3) is 0.762. The zero-order valence-electron chi connectivity index (χ0n) is 16.2. The molecule has 0 aliphatic heterocycles. The summed E-state index contributed by atoms with van der Waals surface area (Å²) in [6, 6.07) is 0. The molecule has 0 saturated heterocycles. The Labute approximate surface area is 148 Å². The number of hydrogen-bond donors (Lipinski definition) is 1. The molecule has 0 bridgehead atoms. The predicted octanol–water partition coefficient (Wildman–Crippen LogP) is 5.61. The van der Waals surface area contributed by atoms with Crippen LogP contribution < -0.4 is 0 Å². The molecule has 24 heavy (non-hydrogen) atoms. The van der Waals surface area contributed by atoms with Crippen LogP contribution in [0.4, 0.5) is 0 Å². The van der Waals surface area contributed by atoms with Crippen LogP contribution in [0.25, 0.3) is 0 Å². The van der Waals surface area contributed by atoms with Crippen LogP contribution in [0, 0.1) is 17.3 Å². The van der Waals surface area contributed by atoms with Crippen molar-refractivity contribution in [2.75, 3.05) is 13.7 Å². The first-order valence-electron chi connectivity index (χ1n) is 9.55. The molecule has 0 saturated carbocycles. The first-order chi connectivity index (χ1) is 11.4. The van der Waals surface area contributed by atoms with Crippen LogP contribution in [0.15, 0.2) is 23.3 Å². The number of rotatable bonds is 11. The van der Waals surface area contributed by atoms with Crippen LogP contribution in [0.3, 0.4) is 0 Å². The highest BCUT2D eigenvalue weighted by atomic mass is 16.5. The summed E-state index contributed by atoms with van der Waals surface area (Å²) in [6.07, 6.45) is 10.8. The second-order valence-electron chi connectivity index (χ2n) is 7.55. The van der Waals surface area contributed by atoms with Gasteiger partial charge in [-0.25, -0.2) is 0 Å². The van der Waals surface area contributed by atoms with Gasteiger partial charge in [0, 0.05) is 19.6 Å². The van der Waals surface area contributed by atoms with Crippen molar-refractivity contribution in [1.82, 2.24) is 0 Å². The highest BCUT2D eigenvalue weighted by Crippen LogP contribution is 2.48. The summed E-state index contributed by atoms with van der Waals surface area (Å²) in [5, 5.41) is 10.2. The fourth-order valence-corrected chi connectivity index (χ4v) is 3.88. The first-order valence-corrected chi connectivity index (χ1v) is 9.55. The largest absolute Gasteiger partial charge is 0.481 e. The molecule has 0 amide bonds. The van der Waals surface area contributed by atoms with Crippen LogP contribution in [-0.4, -0.2) is 24.8 Å². The van der Waals surface area contributed by atoms with Gasteiger partial charge >= 0.3 is 5.97 Å². The molecular formula is C21H36O3. The van der Waals surface area contributed by atoms with Crippen molar-refractivity contribution in [3.63, 3.8) is 0 Å². The van der Waals surface area contributed by atoms with Crippen LogP contribution in [0.5, 0.6) is 0 Å². The van der Waals surface area contributed by atoms with Crippen LogP contribution in [0.2, 0.25) is 0 Å². The van der Waals surface area contributed by atoms with E-state index in [1.165, 1.54) is 11.1 Å². The van der Waals surface area contributed by atoms with Gasteiger partial charge in [0.2, 0.25) is 0 Å². The molecule has 1 N–H and O–H groups in total. The fourth-order valence-electron chi connectivity index (χ4n) is 3.88. The molecule has 0 heterocycles. The molecule has 2 unspecified atom stereocenters. The molecule has 0 aromatic heterocycles. The Kier molecular flexibility index (Phi) is 8.75. The van der Waals surface area contributed by atoms with Crippen LogP contribution >= 0.6 is 0 Å². The smallest absolute Gasteiger partial charge is 0.314 e. The normalized spacial score (nSPS) is 24.0. The molecule has 0 radical (unpaired) electrons. The zero-order valence-corrected chi connectivity index (χ0v) is 16.2. The molecule has 3 nitrogen and oxygen atoms in total. The van der Waals surface area contributed by atoms with Crippen LogP contribution in [-0.2, 0) is 9.53 Å². The van der Waals surface area contributed by atoms with Crippen molar-refractivity contribution in [2.24, 2.45) is 17.3 Å². The van der Waals surface area contributed by atoms with E-state index in [9.17, 15) is 9.90 Å². The van der Waals surface area contributed by atoms with Gasteiger partial charge in [-0.3, -0.25) is 4.79 Å². The number of carboxylic acids is 1. The summed E-state index contributed by atoms with van der Waals surface area (Å²) < 4.78 is 5.30. The minimum atomic E-state index is -0.771. The summed E-state index contributed by atoms with van der Waals surface area (Å²) in [5.41, 5.74) is 1.75. The number of hydrogen-bond acceptors (Lipinski definition) is 2. The summed E-state index contributed by atoms with van der Waals surface area (Å²) in [7, 11) is 1.70. The average molecular weight is 337 g/mol. The Morgan fingerprint density at radius 2 is 1.96 bits per heavy atom. The maximum absolute atomic E-state index is 12.4. The number of carboxylic acid groups (broad SMARTS) is 1. The highest BCUT2D eigenvalue weighted by molar-refractivity contribution is 5.79. The van der Waals surface area contributed by atoms with Crippen LogP contribution in [0.1, 0.15) is 72.6 Å². The molecule has 0 fully saturated rings. The van der Waals surface area contributed by atoms with Crippen molar-refractivity contribution in [2.45, 2.75) is 72.6 Å².